The lowest BCUT2D eigenvalue weighted by atomic mass is 9.96. The van der Waals surface area contributed by atoms with Crippen LogP contribution in [0.4, 0.5) is 0 Å². The summed E-state index contributed by atoms with van der Waals surface area (Å²) in [6.45, 7) is 1.42. The van der Waals surface area contributed by atoms with Crippen LogP contribution in [0.3, 0.4) is 0 Å². The summed E-state index contributed by atoms with van der Waals surface area (Å²) in [5, 5.41) is 3.90. The molecule has 1 aliphatic heterocycles. The molecule has 0 aromatic carbocycles. The Morgan fingerprint density at radius 3 is 3.00 bits per heavy atom. The fraction of sp³-hybridized carbons (Fsp3) is 0.500. The van der Waals surface area contributed by atoms with E-state index in [1.165, 1.54) is 0 Å². The van der Waals surface area contributed by atoms with Gasteiger partial charge in [-0.25, -0.2) is 4.98 Å². The van der Waals surface area contributed by atoms with Gasteiger partial charge in [-0.05, 0) is 12.8 Å². The highest BCUT2D eigenvalue weighted by molar-refractivity contribution is 6.29. The lowest BCUT2D eigenvalue weighted by Crippen LogP contribution is -2.40. The fourth-order valence-corrected chi connectivity index (χ4v) is 3.35. The number of imidazole rings is 1. The quantitative estimate of drug-likeness (QED) is 0.831. The predicted molar refractivity (Wildman–Crippen MR) is 89.8 cm³/mol. The van der Waals surface area contributed by atoms with E-state index < -0.39 is 5.91 Å². The van der Waals surface area contributed by atoms with Gasteiger partial charge in [-0.1, -0.05) is 16.8 Å². The first-order valence-corrected chi connectivity index (χ1v) is 8.59. The number of nitrogens with two attached hydrogens (primary N) is 1. The summed E-state index contributed by atoms with van der Waals surface area (Å²) < 4.78 is 6.79. The van der Waals surface area contributed by atoms with Gasteiger partial charge in [0.2, 0.25) is 11.8 Å². The van der Waals surface area contributed by atoms with Gasteiger partial charge in [0.05, 0.1) is 0 Å². The van der Waals surface area contributed by atoms with Crippen molar-refractivity contribution >= 4 is 23.4 Å². The van der Waals surface area contributed by atoms with Gasteiger partial charge in [-0.2, -0.15) is 0 Å². The summed E-state index contributed by atoms with van der Waals surface area (Å²) in [5.74, 6) is 1.16. The van der Waals surface area contributed by atoms with Crippen molar-refractivity contribution in [3.05, 3.63) is 35.2 Å². The van der Waals surface area contributed by atoms with E-state index in [9.17, 15) is 9.59 Å². The van der Waals surface area contributed by atoms with Crippen LogP contribution in [0.25, 0.3) is 0 Å². The third-order valence-corrected chi connectivity index (χ3v) is 4.51. The number of rotatable bonds is 6. The fourth-order valence-electron chi connectivity index (χ4n) is 3.19. The van der Waals surface area contributed by atoms with Crippen molar-refractivity contribution in [1.29, 1.82) is 0 Å². The van der Waals surface area contributed by atoms with Crippen molar-refractivity contribution in [1.82, 2.24) is 19.6 Å². The number of halogens is 1. The lowest BCUT2D eigenvalue weighted by Gasteiger charge is -2.32. The third-order valence-electron chi connectivity index (χ3n) is 4.33. The molecule has 0 aliphatic carbocycles. The molecule has 2 aromatic rings. The molecule has 1 unspecified atom stereocenters. The second-order valence-corrected chi connectivity index (χ2v) is 6.56. The molecule has 2 N–H and O–H groups in total. The van der Waals surface area contributed by atoms with Crippen molar-refractivity contribution in [3.8, 4) is 0 Å². The van der Waals surface area contributed by atoms with E-state index >= 15 is 0 Å². The Hall–Kier alpha value is -2.35. The minimum atomic E-state index is -0.409. The number of hydrogen-bond donors (Lipinski definition) is 1. The van der Waals surface area contributed by atoms with Crippen LogP contribution in [-0.4, -0.2) is 44.5 Å². The van der Waals surface area contributed by atoms with Crippen LogP contribution in [-0.2, 0) is 22.6 Å². The van der Waals surface area contributed by atoms with Gasteiger partial charge in [0.25, 0.3) is 0 Å². The first-order valence-electron chi connectivity index (χ1n) is 8.21. The number of piperidine rings is 1. The Kier molecular flexibility index (Phi) is 5.37. The van der Waals surface area contributed by atoms with Crippen LogP contribution in [0, 0.1) is 0 Å². The Balaban J connectivity index is 1.60. The van der Waals surface area contributed by atoms with Gasteiger partial charge in [-0.15, -0.1) is 0 Å². The first kappa shape index (κ1) is 17.5. The number of aromatic nitrogens is 3. The molecule has 3 rings (SSSR count). The molecular weight excluding hydrogens is 346 g/mol. The maximum atomic E-state index is 12.5. The number of carbonyl (C=O) groups is 2. The van der Waals surface area contributed by atoms with Crippen LogP contribution in [0.1, 0.15) is 36.8 Å². The SMILES string of the molecule is NC(=O)Cn1ccnc1C1CCCN(C(=O)CCc2cc(Cl)no2)C1. The number of hydrogen-bond acceptors (Lipinski definition) is 5. The Morgan fingerprint density at radius 1 is 1.44 bits per heavy atom. The zero-order chi connectivity index (χ0) is 17.8. The average Bonchev–Trinajstić information content (AvgIpc) is 3.21. The van der Waals surface area contributed by atoms with Crippen molar-refractivity contribution in [3.63, 3.8) is 0 Å². The van der Waals surface area contributed by atoms with Crippen molar-refractivity contribution in [2.24, 2.45) is 5.73 Å². The van der Waals surface area contributed by atoms with Crippen LogP contribution in [0.2, 0.25) is 5.15 Å². The van der Waals surface area contributed by atoms with Crippen LogP contribution in [0.5, 0.6) is 0 Å². The predicted octanol–water partition coefficient (Wildman–Crippen LogP) is 1.35. The van der Waals surface area contributed by atoms with Gasteiger partial charge >= 0.3 is 0 Å². The van der Waals surface area contributed by atoms with Crippen LogP contribution in [0.15, 0.2) is 23.0 Å². The normalized spacial score (nSPS) is 17.6. The minimum absolute atomic E-state index is 0.0604. The second-order valence-electron chi connectivity index (χ2n) is 6.17. The molecule has 8 nitrogen and oxygen atoms in total. The number of primary amides is 1. The van der Waals surface area contributed by atoms with Gasteiger partial charge in [0.1, 0.15) is 18.1 Å². The van der Waals surface area contributed by atoms with Crippen LogP contribution < -0.4 is 5.73 Å². The molecule has 1 atom stereocenters. The highest BCUT2D eigenvalue weighted by atomic mass is 35.5. The number of amides is 2. The zero-order valence-electron chi connectivity index (χ0n) is 13.7. The summed E-state index contributed by atoms with van der Waals surface area (Å²) >= 11 is 5.71. The van der Waals surface area contributed by atoms with Crippen molar-refractivity contribution in [2.75, 3.05) is 13.1 Å². The summed E-state index contributed by atoms with van der Waals surface area (Å²) in [6.07, 6.45) is 6.04. The van der Waals surface area contributed by atoms with E-state index in [1.54, 1.807) is 23.0 Å². The highest BCUT2D eigenvalue weighted by Crippen LogP contribution is 2.26. The Bertz CT molecular complexity index is 757. The molecule has 9 heteroatoms. The molecule has 1 fully saturated rings. The molecule has 0 saturated carbocycles. The molecule has 2 amide bonds. The van der Waals surface area contributed by atoms with Gasteiger partial charge in [0.15, 0.2) is 5.15 Å². The van der Waals surface area contributed by atoms with E-state index in [-0.39, 0.29) is 18.4 Å². The highest BCUT2D eigenvalue weighted by Gasteiger charge is 2.27. The maximum absolute atomic E-state index is 12.5. The smallest absolute Gasteiger partial charge is 0.237 e. The molecular formula is C16H20ClN5O3. The molecule has 2 aromatic heterocycles. The number of likely N-dealkylation sites (tertiary alicyclic amines) is 1. The third kappa shape index (κ3) is 4.39. The van der Waals surface area contributed by atoms with Gasteiger partial charge in [-0.3, -0.25) is 9.59 Å². The standard InChI is InChI=1S/C16H20ClN5O3/c17-13-8-12(25-20-13)3-4-15(24)21-6-1-2-11(9-21)16-19-5-7-22(16)10-14(18)23/h5,7-8,11H,1-4,6,9-10H2,(H2,18,23). The summed E-state index contributed by atoms with van der Waals surface area (Å²) in [4.78, 5) is 29.9. The van der Waals surface area contributed by atoms with Gasteiger partial charge < -0.3 is 19.7 Å². The largest absolute Gasteiger partial charge is 0.368 e. The average molecular weight is 366 g/mol. The molecule has 25 heavy (non-hydrogen) atoms. The number of aryl methyl sites for hydroxylation is 1. The maximum Gasteiger partial charge on any atom is 0.237 e. The molecule has 134 valence electrons. The van der Waals surface area contributed by atoms with E-state index in [0.29, 0.717) is 30.3 Å². The lowest BCUT2D eigenvalue weighted by molar-refractivity contribution is -0.132. The molecule has 0 bridgehead atoms. The topological polar surface area (TPSA) is 107 Å². The molecule has 0 spiro atoms. The molecule has 1 saturated heterocycles. The second kappa shape index (κ2) is 7.69. The summed E-state index contributed by atoms with van der Waals surface area (Å²) in [6, 6.07) is 1.62. The number of carbonyl (C=O) groups excluding carboxylic acids is 2. The Morgan fingerprint density at radius 2 is 2.28 bits per heavy atom. The number of nitrogens with zero attached hydrogens (tertiary/aromatic N) is 4. The van der Waals surface area contributed by atoms with E-state index in [4.69, 9.17) is 21.9 Å². The minimum Gasteiger partial charge on any atom is -0.368 e. The van der Waals surface area contributed by atoms with Crippen molar-refractivity contribution < 1.29 is 14.1 Å². The zero-order valence-corrected chi connectivity index (χ0v) is 14.5. The first-order chi connectivity index (χ1) is 12.0. The van der Waals surface area contributed by atoms with E-state index in [2.05, 4.69) is 10.1 Å². The molecule has 0 radical (unpaired) electrons. The summed E-state index contributed by atoms with van der Waals surface area (Å²) in [7, 11) is 0. The van der Waals surface area contributed by atoms with Crippen molar-refractivity contribution in [2.45, 2.75) is 38.1 Å². The summed E-state index contributed by atoms with van der Waals surface area (Å²) in [5.41, 5.74) is 5.28. The molecule has 3 heterocycles. The Labute approximate surface area is 149 Å². The van der Waals surface area contributed by atoms with E-state index in [0.717, 1.165) is 25.2 Å². The van der Waals surface area contributed by atoms with E-state index in [1.807, 2.05) is 4.90 Å². The monoisotopic (exact) mass is 365 g/mol. The molecule has 1 aliphatic rings. The van der Waals surface area contributed by atoms with Gasteiger partial charge in [0, 0.05) is 50.3 Å². The van der Waals surface area contributed by atoms with Crippen LogP contribution >= 0.6 is 11.6 Å².